The maximum atomic E-state index is 12.7. The quantitative estimate of drug-likeness (QED) is 0.300. The fraction of sp³-hybridized carbons (Fsp3) is 0.0833. The van der Waals surface area contributed by atoms with Crippen LogP contribution in [0.15, 0.2) is 72.8 Å². The van der Waals surface area contributed by atoms with Crippen molar-refractivity contribution in [2.24, 2.45) is 0 Å². The first kappa shape index (κ1) is 20.4. The Morgan fingerprint density at radius 1 is 0.935 bits per heavy atom. The summed E-state index contributed by atoms with van der Waals surface area (Å²) < 4.78 is 0. The summed E-state index contributed by atoms with van der Waals surface area (Å²) in [4.78, 5) is 28.8. The molecule has 7 heteroatoms. The minimum atomic E-state index is -0.431. The highest BCUT2D eigenvalue weighted by molar-refractivity contribution is 7.19. The molecule has 0 unspecified atom stereocenters. The van der Waals surface area contributed by atoms with Crippen molar-refractivity contribution in [3.8, 4) is 21.7 Å². The van der Waals surface area contributed by atoms with Crippen LogP contribution in [0.3, 0.4) is 0 Å². The van der Waals surface area contributed by atoms with Crippen LogP contribution in [0.4, 0.5) is 10.8 Å². The second-order valence-corrected chi connectivity index (χ2v) is 8.19. The molecule has 0 aliphatic rings. The number of nitro benzene ring substituents is 1. The molecule has 4 aromatic rings. The topological polar surface area (TPSA) is 85.1 Å². The van der Waals surface area contributed by atoms with Crippen LogP contribution in [0, 0.1) is 24.0 Å². The lowest BCUT2D eigenvalue weighted by Crippen LogP contribution is -2.11. The molecular formula is C24H19N3O3S. The standard InChI is InChI=1S/C24H19N3O3S/c1-15-6-8-18(9-7-15)22-21(17-10-12-20(13-11-17)27(29)30)25-24(31-22)26-23(28)19-5-3-4-16(2)14-19/h3-14H,1-2H3,(H,25,26,28). The van der Waals surface area contributed by atoms with Gasteiger partial charge < -0.3 is 0 Å². The fourth-order valence-corrected chi connectivity index (χ4v) is 4.15. The summed E-state index contributed by atoms with van der Waals surface area (Å²) in [6.45, 7) is 3.95. The van der Waals surface area contributed by atoms with Crippen LogP contribution in [0.2, 0.25) is 0 Å². The Morgan fingerprint density at radius 2 is 1.61 bits per heavy atom. The summed E-state index contributed by atoms with van der Waals surface area (Å²) in [5, 5.41) is 14.4. The van der Waals surface area contributed by atoms with E-state index in [4.69, 9.17) is 0 Å². The van der Waals surface area contributed by atoms with Crippen LogP contribution >= 0.6 is 11.3 Å². The van der Waals surface area contributed by atoms with Crippen LogP contribution < -0.4 is 5.32 Å². The first-order valence-electron chi connectivity index (χ1n) is 9.61. The number of hydrogen-bond acceptors (Lipinski definition) is 5. The number of nitro groups is 1. The van der Waals surface area contributed by atoms with Gasteiger partial charge in [0, 0.05) is 23.3 Å². The highest BCUT2D eigenvalue weighted by Gasteiger charge is 2.18. The summed E-state index contributed by atoms with van der Waals surface area (Å²) in [5.74, 6) is -0.233. The van der Waals surface area contributed by atoms with Crippen LogP contribution in [-0.4, -0.2) is 15.8 Å². The Kier molecular flexibility index (Phi) is 5.60. The van der Waals surface area contributed by atoms with Gasteiger partial charge in [-0.15, -0.1) is 0 Å². The number of nitrogens with one attached hydrogen (secondary N) is 1. The predicted molar refractivity (Wildman–Crippen MR) is 124 cm³/mol. The molecule has 0 saturated carbocycles. The third-order valence-electron chi connectivity index (χ3n) is 4.79. The monoisotopic (exact) mass is 429 g/mol. The summed E-state index contributed by atoms with van der Waals surface area (Å²) in [6, 6.07) is 21.7. The largest absolute Gasteiger partial charge is 0.298 e. The molecule has 0 aliphatic heterocycles. The number of aromatic nitrogens is 1. The van der Waals surface area contributed by atoms with Crippen LogP contribution in [0.1, 0.15) is 21.5 Å². The summed E-state index contributed by atoms with van der Waals surface area (Å²) >= 11 is 1.37. The Hall–Kier alpha value is -3.84. The number of thiazole rings is 1. The van der Waals surface area contributed by atoms with Gasteiger partial charge in [-0.05, 0) is 43.7 Å². The minimum absolute atomic E-state index is 0.0174. The molecule has 0 saturated heterocycles. The van der Waals surface area contributed by atoms with E-state index in [9.17, 15) is 14.9 Å². The van der Waals surface area contributed by atoms with E-state index in [1.165, 1.54) is 23.5 Å². The fourth-order valence-electron chi connectivity index (χ4n) is 3.17. The van der Waals surface area contributed by atoms with Crippen molar-refractivity contribution in [3.05, 3.63) is 99.6 Å². The lowest BCUT2D eigenvalue weighted by molar-refractivity contribution is -0.384. The number of hydrogen-bond donors (Lipinski definition) is 1. The Labute approximate surface area is 183 Å². The molecule has 0 bridgehead atoms. The zero-order valence-corrected chi connectivity index (χ0v) is 17.8. The third-order valence-corrected chi connectivity index (χ3v) is 5.81. The van der Waals surface area contributed by atoms with Gasteiger partial charge >= 0.3 is 0 Å². The van der Waals surface area contributed by atoms with E-state index in [-0.39, 0.29) is 11.6 Å². The minimum Gasteiger partial charge on any atom is -0.298 e. The molecule has 1 N–H and O–H groups in total. The van der Waals surface area contributed by atoms with E-state index in [0.29, 0.717) is 16.4 Å². The highest BCUT2D eigenvalue weighted by atomic mass is 32.1. The molecule has 3 aromatic carbocycles. The molecule has 0 radical (unpaired) electrons. The first-order valence-corrected chi connectivity index (χ1v) is 10.4. The lowest BCUT2D eigenvalue weighted by Gasteiger charge is -2.03. The smallest absolute Gasteiger partial charge is 0.269 e. The van der Waals surface area contributed by atoms with Gasteiger partial charge in [0.15, 0.2) is 5.13 Å². The zero-order valence-electron chi connectivity index (χ0n) is 17.0. The second kappa shape index (κ2) is 8.49. The van der Waals surface area contributed by atoms with Gasteiger partial charge in [-0.3, -0.25) is 20.2 Å². The molecule has 0 aliphatic carbocycles. The molecule has 31 heavy (non-hydrogen) atoms. The van der Waals surface area contributed by atoms with Gasteiger partial charge in [-0.25, -0.2) is 4.98 Å². The van der Waals surface area contributed by atoms with E-state index in [0.717, 1.165) is 27.1 Å². The number of rotatable bonds is 5. The number of carbonyl (C=O) groups excluding carboxylic acids is 1. The van der Waals surface area contributed by atoms with Crippen molar-refractivity contribution in [1.82, 2.24) is 4.98 Å². The lowest BCUT2D eigenvalue weighted by atomic mass is 10.1. The van der Waals surface area contributed by atoms with Crippen LogP contribution in [0.25, 0.3) is 21.7 Å². The van der Waals surface area contributed by atoms with E-state index in [2.05, 4.69) is 10.3 Å². The van der Waals surface area contributed by atoms with Crippen molar-refractivity contribution < 1.29 is 9.72 Å². The molecule has 1 amide bonds. The maximum Gasteiger partial charge on any atom is 0.269 e. The van der Waals surface area contributed by atoms with Crippen molar-refractivity contribution >= 4 is 28.1 Å². The van der Waals surface area contributed by atoms with Crippen molar-refractivity contribution in [1.29, 1.82) is 0 Å². The number of anilines is 1. The molecule has 0 spiro atoms. The Balaban J connectivity index is 1.74. The molecule has 1 heterocycles. The SMILES string of the molecule is Cc1ccc(-c2sc(NC(=O)c3cccc(C)c3)nc2-c2ccc([N+](=O)[O-])cc2)cc1. The maximum absolute atomic E-state index is 12.7. The van der Waals surface area contributed by atoms with Gasteiger partial charge in [-0.1, -0.05) is 58.9 Å². The first-order chi connectivity index (χ1) is 14.9. The van der Waals surface area contributed by atoms with Crippen LogP contribution in [0.5, 0.6) is 0 Å². The second-order valence-electron chi connectivity index (χ2n) is 7.19. The van der Waals surface area contributed by atoms with E-state index < -0.39 is 4.92 Å². The molecule has 0 fully saturated rings. The normalized spacial score (nSPS) is 10.6. The molecule has 154 valence electrons. The Morgan fingerprint density at radius 3 is 2.26 bits per heavy atom. The molecule has 4 rings (SSSR count). The zero-order chi connectivity index (χ0) is 22.0. The van der Waals surface area contributed by atoms with Crippen molar-refractivity contribution in [3.63, 3.8) is 0 Å². The predicted octanol–water partition coefficient (Wildman–Crippen LogP) is 6.25. The summed E-state index contributed by atoms with van der Waals surface area (Å²) in [6.07, 6.45) is 0. The molecular weight excluding hydrogens is 410 g/mol. The van der Waals surface area contributed by atoms with E-state index in [1.807, 2.05) is 56.3 Å². The molecule has 1 aromatic heterocycles. The highest BCUT2D eigenvalue weighted by Crippen LogP contribution is 2.39. The molecule has 0 atom stereocenters. The number of non-ortho nitro benzene ring substituents is 1. The van der Waals surface area contributed by atoms with Gasteiger partial charge in [0.2, 0.25) is 0 Å². The van der Waals surface area contributed by atoms with E-state index in [1.54, 1.807) is 18.2 Å². The number of aryl methyl sites for hydroxylation is 2. The van der Waals surface area contributed by atoms with Crippen molar-refractivity contribution in [2.75, 3.05) is 5.32 Å². The Bertz CT molecular complexity index is 1260. The summed E-state index contributed by atoms with van der Waals surface area (Å²) in [5.41, 5.74) is 5.09. The van der Waals surface area contributed by atoms with Gasteiger partial charge in [0.25, 0.3) is 11.6 Å². The molecule has 6 nitrogen and oxygen atoms in total. The van der Waals surface area contributed by atoms with E-state index >= 15 is 0 Å². The average molecular weight is 430 g/mol. The number of carbonyl (C=O) groups is 1. The van der Waals surface area contributed by atoms with Gasteiger partial charge in [-0.2, -0.15) is 0 Å². The van der Waals surface area contributed by atoms with Crippen LogP contribution in [-0.2, 0) is 0 Å². The number of benzene rings is 3. The third kappa shape index (κ3) is 4.51. The number of nitrogens with zero attached hydrogens (tertiary/aromatic N) is 2. The number of amides is 1. The van der Waals surface area contributed by atoms with Gasteiger partial charge in [0.1, 0.15) is 0 Å². The average Bonchev–Trinajstić information content (AvgIpc) is 3.18. The van der Waals surface area contributed by atoms with Crippen molar-refractivity contribution in [2.45, 2.75) is 13.8 Å². The summed E-state index contributed by atoms with van der Waals surface area (Å²) in [7, 11) is 0. The van der Waals surface area contributed by atoms with Gasteiger partial charge in [0.05, 0.1) is 15.5 Å².